The molecule has 5 rings (SSSR count). The Morgan fingerprint density at radius 2 is 1.74 bits per heavy atom. The Morgan fingerprint density at radius 1 is 1.05 bits per heavy atom. The molecule has 0 aliphatic carbocycles. The van der Waals surface area contributed by atoms with Crippen molar-refractivity contribution in [2.45, 2.75) is 45.3 Å². The van der Waals surface area contributed by atoms with E-state index in [9.17, 15) is 9.18 Å². The molecule has 198 valence electrons. The maximum atomic E-state index is 14.2. The number of methoxy groups -OCH3 is 1. The predicted molar refractivity (Wildman–Crippen MR) is 148 cm³/mol. The zero-order valence-electron chi connectivity index (χ0n) is 22.4. The molecule has 1 aliphatic rings. The molecule has 6 nitrogen and oxygen atoms in total. The fourth-order valence-corrected chi connectivity index (χ4v) is 5.69. The topological polar surface area (TPSA) is 60.2 Å². The number of nitrogens with zero attached hydrogens (tertiary/aromatic N) is 4. The number of rotatable bonds is 8. The van der Waals surface area contributed by atoms with Crippen LogP contribution in [0.15, 0.2) is 67.3 Å². The first-order chi connectivity index (χ1) is 18.3. The molecule has 0 spiro atoms. The molecule has 1 aliphatic heterocycles. The maximum absolute atomic E-state index is 14.2. The van der Waals surface area contributed by atoms with Gasteiger partial charge in [-0.3, -0.25) is 0 Å². The highest BCUT2D eigenvalue weighted by Crippen LogP contribution is 2.37. The second-order valence-corrected chi connectivity index (χ2v) is 10.9. The van der Waals surface area contributed by atoms with Gasteiger partial charge in [-0.15, -0.1) is 0 Å². The molecule has 3 heterocycles. The second-order valence-electron chi connectivity index (χ2n) is 10.9. The Hall–Kier alpha value is -3.58. The van der Waals surface area contributed by atoms with Gasteiger partial charge in [0.2, 0.25) is 0 Å². The van der Waals surface area contributed by atoms with E-state index in [0.717, 1.165) is 49.3 Å². The van der Waals surface area contributed by atoms with E-state index in [1.807, 2.05) is 36.7 Å². The van der Waals surface area contributed by atoms with Crippen molar-refractivity contribution in [2.75, 3.05) is 26.7 Å². The highest BCUT2D eigenvalue weighted by molar-refractivity contribution is 5.92. The Labute approximate surface area is 223 Å². The van der Waals surface area contributed by atoms with Gasteiger partial charge in [0, 0.05) is 48.4 Å². The van der Waals surface area contributed by atoms with Gasteiger partial charge < -0.3 is 14.2 Å². The number of fused-ring (bicyclic) bond motifs is 1. The van der Waals surface area contributed by atoms with Gasteiger partial charge in [0.1, 0.15) is 12.0 Å². The van der Waals surface area contributed by atoms with Gasteiger partial charge in [0.15, 0.2) is 0 Å². The lowest BCUT2D eigenvalue weighted by atomic mass is 9.95. The molecule has 2 aromatic heterocycles. The number of ether oxygens (including phenoxy) is 1. The fraction of sp³-hybridized carbons (Fsp3) is 0.387. The molecule has 0 amide bonds. The summed E-state index contributed by atoms with van der Waals surface area (Å²) in [6, 6.07) is 16.2. The van der Waals surface area contributed by atoms with Crippen molar-refractivity contribution in [1.29, 1.82) is 0 Å². The molecule has 7 heteroatoms. The van der Waals surface area contributed by atoms with Gasteiger partial charge in [0.25, 0.3) is 0 Å². The van der Waals surface area contributed by atoms with Crippen LogP contribution in [-0.2, 0) is 17.7 Å². The smallest absolute Gasteiger partial charge is 0.337 e. The molecule has 4 aromatic rings. The van der Waals surface area contributed by atoms with Gasteiger partial charge in [0.05, 0.1) is 18.4 Å². The molecular formula is C31H35FN4O2. The Bertz CT molecular complexity index is 1390. The van der Waals surface area contributed by atoms with E-state index in [1.54, 1.807) is 20.2 Å². The number of carbonyl (C=O) groups excluding carboxylic acids is 1. The summed E-state index contributed by atoms with van der Waals surface area (Å²) < 4.78 is 21.5. The van der Waals surface area contributed by atoms with Gasteiger partial charge >= 0.3 is 5.97 Å². The molecule has 0 unspecified atom stereocenters. The van der Waals surface area contributed by atoms with Crippen molar-refractivity contribution in [1.82, 2.24) is 19.4 Å². The second kappa shape index (κ2) is 11.0. The maximum Gasteiger partial charge on any atom is 0.337 e. The van der Waals surface area contributed by atoms with Crippen molar-refractivity contribution in [3.63, 3.8) is 0 Å². The van der Waals surface area contributed by atoms with E-state index < -0.39 is 5.67 Å². The van der Waals surface area contributed by atoms with Gasteiger partial charge in [-0.2, -0.15) is 0 Å². The lowest BCUT2D eigenvalue weighted by Crippen LogP contribution is -2.41. The van der Waals surface area contributed by atoms with E-state index in [2.05, 4.69) is 43.7 Å². The monoisotopic (exact) mass is 514 g/mol. The first kappa shape index (κ1) is 26.0. The van der Waals surface area contributed by atoms with Crippen LogP contribution in [0, 0.1) is 5.92 Å². The summed E-state index contributed by atoms with van der Waals surface area (Å²) in [7, 11) is 1.39. The molecule has 1 saturated heterocycles. The number of benzene rings is 2. The van der Waals surface area contributed by atoms with Crippen molar-refractivity contribution in [3.8, 4) is 11.3 Å². The molecule has 0 atom stereocenters. The standard InChI is InChI=1S/C31H35FN4O2/c1-31(2,32)20-35-14-12-23(13-15-35)19-36-28-7-5-4-6-26(28)27(29(36)25-17-33-21-34-18-25)16-22-8-10-24(11-9-22)30(37)38-3/h4-11,17-18,21,23H,12-16,19-20H2,1-3H3. The molecule has 0 bridgehead atoms. The van der Waals surface area contributed by atoms with Crippen LogP contribution in [0.3, 0.4) is 0 Å². The summed E-state index contributed by atoms with van der Waals surface area (Å²) in [5.41, 5.74) is 5.02. The first-order valence-electron chi connectivity index (χ1n) is 13.3. The number of piperidine rings is 1. The minimum absolute atomic E-state index is 0.337. The number of halogens is 1. The fourth-order valence-electron chi connectivity index (χ4n) is 5.69. The zero-order valence-corrected chi connectivity index (χ0v) is 22.4. The zero-order chi connectivity index (χ0) is 26.7. The molecule has 1 fully saturated rings. The molecular weight excluding hydrogens is 479 g/mol. The third-order valence-corrected chi connectivity index (χ3v) is 7.41. The van der Waals surface area contributed by atoms with E-state index in [1.165, 1.54) is 23.6 Å². The molecule has 2 aromatic carbocycles. The van der Waals surface area contributed by atoms with Crippen LogP contribution >= 0.6 is 0 Å². The third kappa shape index (κ3) is 5.78. The number of hydrogen-bond donors (Lipinski definition) is 0. The normalized spacial score (nSPS) is 15.2. The van der Waals surface area contributed by atoms with E-state index in [0.29, 0.717) is 24.4 Å². The summed E-state index contributed by atoms with van der Waals surface area (Å²) in [4.78, 5) is 22.8. The number of alkyl halides is 1. The van der Waals surface area contributed by atoms with Crippen LogP contribution in [0.25, 0.3) is 22.2 Å². The van der Waals surface area contributed by atoms with E-state index >= 15 is 0 Å². The highest BCUT2D eigenvalue weighted by atomic mass is 19.1. The summed E-state index contributed by atoms with van der Waals surface area (Å²) in [6.07, 6.45) is 8.11. The average molecular weight is 515 g/mol. The molecule has 0 radical (unpaired) electrons. The predicted octanol–water partition coefficient (Wildman–Crippen LogP) is 5.94. The summed E-state index contributed by atoms with van der Waals surface area (Å²) in [6.45, 7) is 6.52. The number of aromatic nitrogens is 3. The van der Waals surface area contributed by atoms with Crippen molar-refractivity contribution in [2.24, 2.45) is 5.92 Å². The lowest BCUT2D eigenvalue weighted by molar-refractivity contribution is 0.0600. The third-order valence-electron chi connectivity index (χ3n) is 7.41. The van der Waals surface area contributed by atoms with Crippen molar-refractivity contribution < 1.29 is 13.9 Å². The van der Waals surface area contributed by atoms with Crippen LogP contribution in [0.2, 0.25) is 0 Å². The minimum atomic E-state index is -1.17. The quantitative estimate of drug-likeness (QED) is 0.273. The Morgan fingerprint density at radius 3 is 2.39 bits per heavy atom. The summed E-state index contributed by atoms with van der Waals surface area (Å²) >= 11 is 0. The van der Waals surface area contributed by atoms with Crippen LogP contribution < -0.4 is 0 Å². The van der Waals surface area contributed by atoms with Gasteiger partial charge in [-0.05, 0) is 75.0 Å². The number of carbonyl (C=O) groups is 1. The largest absolute Gasteiger partial charge is 0.465 e. The lowest BCUT2D eigenvalue weighted by Gasteiger charge is -2.35. The Balaban J connectivity index is 1.50. The number of hydrogen-bond acceptors (Lipinski definition) is 5. The Kier molecular flexibility index (Phi) is 7.56. The number of esters is 1. The summed E-state index contributed by atoms with van der Waals surface area (Å²) in [5, 5.41) is 1.21. The van der Waals surface area contributed by atoms with Crippen LogP contribution in [0.5, 0.6) is 0 Å². The molecule has 38 heavy (non-hydrogen) atoms. The van der Waals surface area contributed by atoms with E-state index in [-0.39, 0.29) is 5.97 Å². The number of para-hydroxylation sites is 1. The van der Waals surface area contributed by atoms with Crippen LogP contribution in [-0.4, -0.2) is 57.8 Å². The van der Waals surface area contributed by atoms with Gasteiger partial charge in [-0.25, -0.2) is 19.2 Å². The van der Waals surface area contributed by atoms with Crippen molar-refractivity contribution in [3.05, 3.63) is 83.9 Å². The molecule has 0 saturated carbocycles. The SMILES string of the molecule is COC(=O)c1ccc(Cc2c(-c3cncnc3)n(CC3CCN(CC(C)(C)F)CC3)c3ccccc23)cc1. The highest BCUT2D eigenvalue weighted by Gasteiger charge is 2.27. The summed E-state index contributed by atoms with van der Waals surface area (Å²) in [5.74, 6) is 0.164. The van der Waals surface area contributed by atoms with Crippen molar-refractivity contribution >= 4 is 16.9 Å². The van der Waals surface area contributed by atoms with E-state index in [4.69, 9.17) is 4.74 Å². The molecule has 0 N–H and O–H groups in total. The van der Waals surface area contributed by atoms with Crippen LogP contribution in [0.1, 0.15) is 48.2 Å². The van der Waals surface area contributed by atoms with Crippen LogP contribution in [0.4, 0.5) is 4.39 Å². The van der Waals surface area contributed by atoms with Gasteiger partial charge in [-0.1, -0.05) is 30.3 Å². The first-order valence-corrected chi connectivity index (χ1v) is 13.3. The number of likely N-dealkylation sites (tertiary alicyclic amines) is 1. The average Bonchev–Trinajstić information content (AvgIpc) is 3.22. The minimum Gasteiger partial charge on any atom is -0.465 e.